The molecule has 0 unspecified atom stereocenters. The van der Waals surface area contributed by atoms with Crippen molar-refractivity contribution in [2.75, 3.05) is 13.1 Å². The first-order chi connectivity index (χ1) is 14.3. The molecule has 0 bridgehead atoms. The number of hydrogen-bond donors (Lipinski definition) is 2. The Labute approximate surface area is 179 Å². The number of hydrogen-bond acceptors (Lipinski definition) is 3. The molecule has 1 aliphatic heterocycles. The zero-order valence-corrected chi connectivity index (χ0v) is 18.3. The molecule has 0 aromatic heterocycles. The maximum Gasteiger partial charge on any atom is 0.254 e. The smallest absolute Gasteiger partial charge is 0.254 e. The van der Waals surface area contributed by atoms with E-state index in [0.717, 1.165) is 28.7 Å². The topological polar surface area (TPSA) is 73.3 Å². The summed E-state index contributed by atoms with van der Waals surface area (Å²) >= 11 is 0. The van der Waals surface area contributed by atoms with Gasteiger partial charge in [0.2, 0.25) is 0 Å². The molecular formula is C25H31N3O2. The Morgan fingerprint density at radius 1 is 1.10 bits per heavy atom. The lowest BCUT2D eigenvalue weighted by atomic mass is 9.92. The minimum atomic E-state index is -0.0696. The van der Waals surface area contributed by atoms with E-state index in [9.17, 15) is 9.59 Å². The molecule has 1 atom stereocenters. The Morgan fingerprint density at radius 3 is 2.40 bits per heavy atom. The Bertz CT molecular complexity index is 947. The minimum Gasteiger partial charge on any atom is -0.352 e. The van der Waals surface area contributed by atoms with E-state index in [1.807, 2.05) is 69.0 Å². The number of nitrogens with zero attached hydrogens (tertiary/aromatic N) is 1. The van der Waals surface area contributed by atoms with Crippen molar-refractivity contribution in [3.8, 4) is 11.1 Å². The molecule has 0 aliphatic carbocycles. The molecule has 30 heavy (non-hydrogen) atoms. The second-order valence-electron chi connectivity index (χ2n) is 8.29. The van der Waals surface area contributed by atoms with E-state index in [1.54, 1.807) is 0 Å². The number of amides is 2. The van der Waals surface area contributed by atoms with E-state index in [-0.39, 0.29) is 23.8 Å². The molecule has 2 aromatic rings. The lowest BCUT2D eigenvalue weighted by Gasteiger charge is -2.34. The Morgan fingerprint density at radius 2 is 1.77 bits per heavy atom. The highest BCUT2D eigenvalue weighted by atomic mass is 16.2. The van der Waals surface area contributed by atoms with Crippen LogP contribution < -0.4 is 5.32 Å². The predicted octanol–water partition coefficient (Wildman–Crippen LogP) is 4.56. The third-order valence-corrected chi connectivity index (χ3v) is 5.78. The lowest BCUT2D eigenvalue weighted by molar-refractivity contribution is 0.0678. The van der Waals surface area contributed by atoms with Gasteiger partial charge in [-0.3, -0.25) is 9.59 Å². The highest BCUT2D eigenvalue weighted by Gasteiger charge is 2.28. The number of carbonyl (C=O) groups excluding carboxylic acids is 2. The van der Waals surface area contributed by atoms with E-state index in [4.69, 9.17) is 5.41 Å². The van der Waals surface area contributed by atoms with Gasteiger partial charge >= 0.3 is 0 Å². The zero-order chi connectivity index (χ0) is 21.8. The largest absolute Gasteiger partial charge is 0.352 e. The molecule has 0 saturated carbocycles. The van der Waals surface area contributed by atoms with Crippen molar-refractivity contribution in [2.24, 2.45) is 5.92 Å². The van der Waals surface area contributed by atoms with Gasteiger partial charge in [0, 0.05) is 42.4 Å². The first kappa shape index (κ1) is 21.8. The van der Waals surface area contributed by atoms with Crippen molar-refractivity contribution in [3.05, 3.63) is 59.2 Å². The molecular weight excluding hydrogens is 374 g/mol. The molecule has 0 fully saturated rings. The normalized spacial score (nSPS) is 14.4. The number of fused-ring (bicyclic) bond motifs is 1. The van der Waals surface area contributed by atoms with Gasteiger partial charge in [-0.1, -0.05) is 38.1 Å². The molecule has 0 saturated heterocycles. The minimum absolute atomic E-state index is 0.0297. The van der Waals surface area contributed by atoms with Crippen LogP contribution in [0.1, 0.15) is 60.4 Å². The summed E-state index contributed by atoms with van der Waals surface area (Å²) in [5, 5.41) is 10.9. The standard InChI is InChI=1S/C25H31N3O2/c1-5-27-24(29)19-8-6-18(7-9-19)20-10-11-22-21(15-20)12-13-28(25(22)30)17(4)14-23(26)16(2)3/h6-11,15-17,26H,5,12-14H2,1-4H3,(H,27,29)/t17-/m1/s1. The van der Waals surface area contributed by atoms with Crippen LogP contribution in [0.3, 0.4) is 0 Å². The highest BCUT2D eigenvalue weighted by molar-refractivity contribution is 5.98. The van der Waals surface area contributed by atoms with Crippen LogP contribution in [0.5, 0.6) is 0 Å². The van der Waals surface area contributed by atoms with E-state index in [2.05, 4.69) is 11.4 Å². The number of benzene rings is 2. The van der Waals surface area contributed by atoms with Crippen LogP contribution in [0.25, 0.3) is 11.1 Å². The molecule has 1 aliphatic rings. The summed E-state index contributed by atoms with van der Waals surface area (Å²) in [7, 11) is 0. The third-order valence-electron chi connectivity index (χ3n) is 5.78. The van der Waals surface area contributed by atoms with Gasteiger partial charge in [0.15, 0.2) is 0 Å². The first-order valence-corrected chi connectivity index (χ1v) is 10.7. The molecule has 2 amide bonds. The second-order valence-corrected chi connectivity index (χ2v) is 8.29. The Hall–Kier alpha value is -2.95. The maximum atomic E-state index is 13.0. The fourth-order valence-corrected chi connectivity index (χ4v) is 3.85. The second kappa shape index (κ2) is 9.24. The third kappa shape index (κ3) is 4.61. The maximum absolute atomic E-state index is 13.0. The van der Waals surface area contributed by atoms with Crippen molar-refractivity contribution in [1.82, 2.24) is 10.2 Å². The Kier molecular flexibility index (Phi) is 6.70. The molecule has 3 rings (SSSR count). The fraction of sp³-hybridized carbons (Fsp3) is 0.400. The lowest BCUT2D eigenvalue weighted by Crippen LogP contribution is -2.44. The van der Waals surface area contributed by atoms with E-state index in [0.29, 0.717) is 30.8 Å². The van der Waals surface area contributed by atoms with Crippen molar-refractivity contribution in [2.45, 2.75) is 46.6 Å². The summed E-state index contributed by atoms with van der Waals surface area (Å²) in [5.41, 5.74) is 5.23. The first-order valence-electron chi connectivity index (χ1n) is 10.7. The summed E-state index contributed by atoms with van der Waals surface area (Å²) < 4.78 is 0. The molecule has 0 spiro atoms. The molecule has 158 valence electrons. The van der Waals surface area contributed by atoms with Crippen molar-refractivity contribution in [3.63, 3.8) is 0 Å². The van der Waals surface area contributed by atoms with Gasteiger partial charge in [-0.05, 0) is 61.1 Å². The molecule has 2 N–H and O–H groups in total. The monoisotopic (exact) mass is 405 g/mol. The van der Waals surface area contributed by atoms with Gasteiger partial charge in [-0.2, -0.15) is 0 Å². The molecule has 5 nitrogen and oxygen atoms in total. The van der Waals surface area contributed by atoms with Crippen molar-refractivity contribution < 1.29 is 9.59 Å². The zero-order valence-electron chi connectivity index (χ0n) is 18.3. The van der Waals surface area contributed by atoms with Gasteiger partial charge < -0.3 is 15.6 Å². The quantitative estimate of drug-likeness (QED) is 0.663. The van der Waals surface area contributed by atoms with Crippen molar-refractivity contribution in [1.29, 1.82) is 5.41 Å². The fourth-order valence-electron chi connectivity index (χ4n) is 3.85. The van der Waals surface area contributed by atoms with E-state index < -0.39 is 0 Å². The number of rotatable bonds is 7. The predicted molar refractivity (Wildman–Crippen MR) is 121 cm³/mol. The van der Waals surface area contributed by atoms with Crippen LogP contribution in [0, 0.1) is 11.3 Å². The van der Waals surface area contributed by atoms with Crippen LogP contribution in [0.4, 0.5) is 0 Å². The number of nitrogens with one attached hydrogen (secondary N) is 2. The molecule has 1 heterocycles. The van der Waals surface area contributed by atoms with Crippen LogP contribution >= 0.6 is 0 Å². The molecule has 5 heteroatoms. The average molecular weight is 406 g/mol. The Balaban J connectivity index is 1.77. The average Bonchev–Trinajstić information content (AvgIpc) is 2.73. The summed E-state index contributed by atoms with van der Waals surface area (Å²) in [6.07, 6.45) is 1.43. The van der Waals surface area contributed by atoms with Gasteiger partial charge in [0.25, 0.3) is 11.8 Å². The summed E-state index contributed by atoms with van der Waals surface area (Å²) in [4.78, 5) is 26.9. The summed E-state index contributed by atoms with van der Waals surface area (Å²) in [6.45, 7) is 9.26. The van der Waals surface area contributed by atoms with Crippen LogP contribution in [0.2, 0.25) is 0 Å². The van der Waals surface area contributed by atoms with Gasteiger partial charge in [0.1, 0.15) is 0 Å². The van der Waals surface area contributed by atoms with Gasteiger partial charge in [-0.15, -0.1) is 0 Å². The summed E-state index contributed by atoms with van der Waals surface area (Å²) in [6, 6.07) is 13.6. The van der Waals surface area contributed by atoms with Gasteiger partial charge in [-0.25, -0.2) is 0 Å². The number of carbonyl (C=O) groups is 2. The summed E-state index contributed by atoms with van der Waals surface area (Å²) in [5.74, 6) is 0.194. The van der Waals surface area contributed by atoms with Gasteiger partial charge in [0.05, 0.1) is 0 Å². The van der Waals surface area contributed by atoms with E-state index in [1.165, 1.54) is 0 Å². The highest BCUT2D eigenvalue weighted by Crippen LogP contribution is 2.28. The SMILES string of the molecule is CCNC(=O)c1ccc(-c2ccc3c(c2)CCN([C@H](C)CC(=N)C(C)C)C3=O)cc1. The molecule has 2 aromatic carbocycles. The van der Waals surface area contributed by atoms with Crippen LogP contribution in [-0.4, -0.2) is 41.6 Å². The van der Waals surface area contributed by atoms with Crippen LogP contribution in [0.15, 0.2) is 42.5 Å². The molecule has 0 radical (unpaired) electrons. The van der Waals surface area contributed by atoms with E-state index >= 15 is 0 Å². The van der Waals surface area contributed by atoms with Crippen molar-refractivity contribution >= 4 is 17.5 Å². The van der Waals surface area contributed by atoms with Crippen LogP contribution in [-0.2, 0) is 6.42 Å².